The maximum absolute atomic E-state index is 12.6. The molecular weight excluding hydrogens is 713 g/mol. The van der Waals surface area contributed by atoms with Crippen LogP contribution in [0.15, 0.2) is 48.6 Å². The first kappa shape index (κ1) is 53.0. The molecule has 0 spiro atoms. The first-order chi connectivity index (χ1) is 26.8. The molecule has 3 N–H and O–H groups in total. The van der Waals surface area contributed by atoms with Crippen LogP contribution < -0.4 is 5.73 Å². The number of hydrogen-bond acceptors (Lipinski definition) is 8. The summed E-state index contributed by atoms with van der Waals surface area (Å²) in [6, 6.07) is 0. The third-order valence-electron chi connectivity index (χ3n) is 9.20. The molecule has 0 fully saturated rings. The molecule has 0 rings (SSSR count). The van der Waals surface area contributed by atoms with Crippen molar-refractivity contribution in [2.45, 2.75) is 200 Å². The SMILES string of the molecule is CC/C=C\C/C=C\C/C=C\CCCCCCCCCC(=O)OC(COC(=O)CCCCCCCCC/C=C\CCCCCCCC)COP(=O)(O)OCCN. The van der Waals surface area contributed by atoms with Crippen LogP contribution in [0.25, 0.3) is 0 Å². The van der Waals surface area contributed by atoms with Gasteiger partial charge in [0.15, 0.2) is 6.10 Å². The Bertz CT molecular complexity index is 1040. The number of unbranched alkanes of at least 4 members (excludes halogenated alkanes) is 20. The minimum absolute atomic E-state index is 0.0497. The second-order valence-corrected chi connectivity index (χ2v) is 16.0. The predicted octanol–water partition coefficient (Wildman–Crippen LogP) is 12.7. The molecule has 320 valence electrons. The van der Waals surface area contributed by atoms with Gasteiger partial charge in [-0.15, -0.1) is 0 Å². The van der Waals surface area contributed by atoms with E-state index in [4.69, 9.17) is 24.3 Å². The number of esters is 2. The standard InChI is InChI=1S/C45H82NO8P/c1-3-5-7-9-11-13-15-17-19-21-23-25-27-29-31-33-35-37-44(47)51-41-43(42-53-55(49,50)52-40-39-46)54-45(48)38-36-34-32-30-28-26-24-22-20-18-16-14-12-10-8-6-4-2/h6,8,12,14,17-20,43H,3-5,7,9-11,13,15-16,21-42,46H2,1-2H3,(H,49,50)/b8-6-,14-12-,19-17-,20-18-. The monoisotopic (exact) mass is 796 g/mol. The van der Waals surface area contributed by atoms with E-state index in [0.29, 0.717) is 6.42 Å². The Morgan fingerprint density at radius 2 is 1.00 bits per heavy atom. The van der Waals surface area contributed by atoms with Crippen molar-refractivity contribution >= 4 is 19.8 Å². The summed E-state index contributed by atoms with van der Waals surface area (Å²) in [4.78, 5) is 34.9. The Hall–Kier alpha value is -2.03. The zero-order chi connectivity index (χ0) is 40.3. The summed E-state index contributed by atoms with van der Waals surface area (Å²) in [5, 5.41) is 0. The topological polar surface area (TPSA) is 134 Å². The van der Waals surface area contributed by atoms with Crippen LogP contribution in [0.3, 0.4) is 0 Å². The maximum atomic E-state index is 12.6. The highest BCUT2D eigenvalue weighted by Crippen LogP contribution is 2.43. The number of carbonyl (C=O) groups is 2. The molecule has 0 radical (unpaired) electrons. The quantitative estimate of drug-likeness (QED) is 0.0268. The highest BCUT2D eigenvalue weighted by molar-refractivity contribution is 7.47. The third kappa shape index (κ3) is 41.4. The van der Waals surface area contributed by atoms with Crippen molar-refractivity contribution < 1.29 is 37.6 Å². The molecule has 0 aliphatic heterocycles. The molecule has 0 aliphatic rings. The lowest BCUT2D eigenvalue weighted by molar-refractivity contribution is -0.161. The van der Waals surface area contributed by atoms with Gasteiger partial charge in [-0.05, 0) is 70.6 Å². The van der Waals surface area contributed by atoms with Crippen LogP contribution in [0.2, 0.25) is 0 Å². The average Bonchev–Trinajstić information content (AvgIpc) is 3.17. The van der Waals surface area contributed by atoms with Crippen LogP contribution in [-0.4, -0.2) is 49.3 Å². The predicted molar refractivity (Wildman–Crippen MR) is 229 cm³/mol. The number of hydrogen-bond donors (Lipinski definition) is 2. The molecule has 0 aromatic carbocycles. The van der Waals surface area contributed by atoms with E-state index in [1.165, 1.54) is 83.5 Å². The van der Waals surface area contributed by atoms with Gasteiger partial charge in [0.05, 0.1) is 13.2 Å². The Kier molecular flexibility index (Phi) is 40.1. The zero-order valence-electron chi connectivity index (χ0n) is 35.2. The Balaban J connectivity index is 4.16. The molecule has 2 unspecified atom stereocenters. The van der Waals surface area contributed by atoms with E-state index in [1.54, 1.807) is 0 Å². The minimum Gasteiger partial charge on any atom is -0.462 e. The van der Waals surface area contributed by atoms with Gasteiger partial charge in [-0.2, -0.15) is 0 Å². The number of allylic oxidation sites excluding steroid dienone is 8. The number of phosphoric acid groups is 1. The van der Waals surface area contributed by atoms with Gasteiger partial charge in [0, 0.05) is 19.4 Å². The van der Waals surface area contributed by atoms with Crippen LogP contribution in [0.1, 0.15) is 194 Å². The number of nitrogens with two attached hydrogens (primary N) is 1. The fourth-order valence-corrected chi connectivity index (χ4v) is 6.70. The van der Waals surface area contributed by atoms with Crippen molar-refractivity contribution in [3.8, 4) is 0 Å². The minimum atomic E-state index is -4.38. The number of phosphoric ester groups is 1. The van der Waals surface area contributed by atoms with E-state index in [-0.39, 0.29) is 38.6 Å². The van der Waals surface area contributed by atoms with E-state index in [2.05, 4.69) is 62.5 Å². The third-order valence-corrected chi connectivity index (χ3v) is 10.2. The summed E-state index contributed by atoms with van der Waals surface area (Å²) in [6.45, 7) is 3.61. The summed E-state index contributed by atoms with van der Waals surface area (Å²) in [6.07, 6.45) is 47.1. The molecule has 0 aromatic heterocycles. The second-order valence-electron chi connectivity index (χ2n) is 14.5. The number of ether oxygens (including phenoxy) is 2. The van der Waals surface area contributed by atoms with Crippen molar-refractivity contribution in [1.82, 2.24) is 0 Å². The molecule has 9 nitrogen and oxygen atoms in total. The number of rotatable bonds is 41. The molecule has 0 saturated heterocycles. The van der Waals surface area contributed by atoms with Gasteiger partial charge >= 0.3 is 19.8 Å². The molecule has 0 bridgehead atoms. The molecule has 55 heavy (non-hydrogen) atoms. The summed E-state index contributed by atoms with van der Waals surface area (Å²) in [5.41, 5.74) is 5.35. The fraction of sp³-hybridized carbons (Fsp3) is 0.778. The van der Waals surface area contributed by atoms with E-state index >= 15 is 0 Å². The first-order valence-corrected chi connectivity index (χ1v) is 23.6. The van der Waals surface area contributed by atoms with Gasteiger partial charge in [0.1, 0.15) is 6.61 Å². The van der Waals surface area contributed by atoms with Gasteiger partial charge in [0.2, 0.25) is 0 Å². The van der Waals surface area contributed by atoms with Crippen LogP contribution in [0.4, 0.5) is 0 Å². The van der Waals surface area contributed by atoms with Gasteiger partial charge in [0.25, 0.3) is 0 Å². The molecule has 0 aliphatic carbocycles. The molecule has 0 aromatic rings. The molecule has 0 heterocycles. The zero-order valence-corrected chi connectivity index (χ0v) is 36.0. The van der Waals surface area contributed by atoms with Gasteiger partial charge in [-0.3, -0.25) is 18.6 Å². The van der Waals surface area contributed by atoms with E-state index in [0.717, 1.165) is 77.0 Å². The van der Waals surface area contributed by atoms with Gasteiger partial charge in [-0.25, -0.2) is 4.57 Å². The maximum Gasteiger partial charge on any atom is 0.472 e. The Morgan fingerprint density at radius 1 is 0.564 bits per heavy atom. The fourth-order valence-electron chi connectivity index (χ4n) is 5.94. The summed E-state index contributed by atoms with van der Waals surface area (Å²) < 4.78 is 32.8. The lowest BCUT2D eigenvalue weighted by Crippen LogP contribution is -2.29. The average molecular weight is 796 g/mol. The van der Waals surface area contributed by atoms with Crippen molar-refractivity contribution in [2.75, 3.05) is 26.4 Å². The Morgan fingerprint density at radius 3 is 1.51 bits per heavy atom. The molecule has 0 saturated carbocycles. The van der Waals surface area contributed by atoms with Crippen molar-refractivity contribution in [3.05, 3.63) is 48.6 Å². The van der Waals surface area contributed by atoms with Crippen LogP contribution in [-0.2, 0) is 32.7 Å². The molecule has 10 heteroatoms. The van der Waals surface area contributed by atoms with Crippen LogP contribution in [0, 0.1) is 0 Å². The highest BCUT2D eigenvalue weighted by Gasteiger charge is 2.26. The number of carbonyl (C=O) groups excluding carboxylic acids is 2. The smallest absolute Gasteiger partial charge is 0.462 e. The highest BCUT2D eigenvalue weighted by atomic mass is 31.2. The van der Waals surface area contributed by atoms with Crippen LogP contribution >= 0.6 is 7.82 Å². The molecule has 2 atom stereocenters. The lowest BCUT2D eigenvalue weighted by Gasteiger charge is -2.19. The molecular formula is C45H82NO8P. The lowest BCUT2D eigenvalue weighted by atomic mass is 10.1. The summed E-state index contributed by atoms with van der Waals surface area (Å²) >= 11 is 0. The first-order valence-electron chi connectivity index (χ1n) is 22.1. The van der Waals surface area contributed by atoms with Crippen molar-refractivity contribution in [3.63, 3.8) is 0 Å². The van der Waals surface area contributed by atoms with Crippen LogP contribution in [0.5, 0.6) is 0 Å². The van der Waals surface area contributed by atoms with Crippen molar-refractivity contribution in [1.29, 1.82) is 0 Å². The van der Waals surface area contributed by atoms with Gasteiger partial charge in [-0.1, -0.05) is 159 Å². The van der Waals surface area contributed by atoms with E-state index in [1.807, 2.05) is 0 Å². The Labute approximate surface area is 336 Å². The summed E-state index contributed by atoms with van der Waals surface area (Å²) in [7, 11) is -4.38. The summed E-state index contributed by atoms with van der Waals surface area (Å²) in [5.74, 6) is -0.844. The largest absolute Gasteiger partial charge is 0.472 e. The van der Waals surface area contributed by atoms with Crippen molar-refractivity contribution in [2.24, 2.45) is 5.73 Å². The van der Waals surface area contributed by atoms with Gasteiger partial charge < -0.3 is 20.1 Å². The second kappa shape index (κ2) is 41.6. The normalized spacial score (nSPS) is 13.7. The molecule has 0 amide bonds. The van der Waals surface area contributed by atoms with E-state index < -0.39 is 26.5 Å². The van der Waals surface area contributed by atoms with E-state index in [9.17, 15) is 19.0 Å².